The second kappa shape index (κ2) is 9.15. The molecular formula is C26H31N3O4. The van der Waals surface area contributed by atoms with Crippen molar-refractivity contribution in [3.8, 4) is 11.5 Å². The van der Waals surface area contributed by atoms with Crippen LogP contribution in [0.1, 0.15) is 49.3 Å². The van der Waals surface area contributed by atoms with Gasteiger partial charge in [0.1, 0.15) is 17.5 Å². The summed E-state index contributed by atoms with van der Waals surface area (Å²) >= 11 is 0. The van der Waals surface area contributed by atoms with E-state index in [1.165, 1.54) is 6.42 Å². The fourth-order valence-corrected chi connectivity index (χ4v) is 5.65. The van der Waals surface area contributed by atoms with Crippen LogP contribution >= 0.6 is 0 Å². The molecule has 3 unspecified atom stereocenters. The number of carbonyl (C=O) groups excluding carboxylic acids is 2. The molecule has 2 aliphatic heterocycles. The molecule has 3 aliphatic rings. The van der Waals surface area contributed by atoms with Crippen LogP contribution in [-0.2, 0) is 16.1 Å². The molecule has 2 amide bonds. The molecule has 0 radical (unpaired) electrons. The van der Waals surface area contributed by atoms with Crippen LogP contribution in [-0.4, -0.2) is 48.0 Å². The molecule has 5 rings (SSSR count). The third-order valence-corrected chi connectivity index (χ3v) is 7.26. The van der Waals surface area contributed by atoms with Crippen LogP contribution in [0, 0.1) is 5.92 Å². The van der Waals surface area contributed by atoms with Gasteiger partial charge in [0, 0.05) is 24.2 Å². The van der Waals surface area contributed by atoms with Crippen molar-refractivity contribution in [3.05, 3.63) is 59.7 Å². The largest absolute Gasteiger partial charge is 0.497 e. The van der Waals surface area contributed by atoms with Crippen molar-refractivity contribution < 1.29 is 19.1 Å². The number of hydrogen-bond donors (Lipinski definition) is 1. The van der Waals surface area contributed by atoms with E-state index in [1.807, 2.05) is 53.5 Å². The molecule has 2 saturated heterocycles. The molecule has 1 saturated carbocycles. The van der Waals surface area contributed by atoms with Crippen molar-refractivity contribution in [1.82, 2.24) is 15.3 Å². The number of fused-ring (bicyclic) bond motifs is 1. The van der Waals surface area contributed by atoms with Crippen molar-refractivity contribution in [2.45, 2.75) is 56.8 Å². The first-order valence-electron chi connectivity index (χ1n) is 11.8. The molecule has 3 fully saturated rings. The van der Waals surface area contributed by atoms with Crippen LogP contribution in [0.15, 0.2) is 48.5 Å². The summed E-state index contributed by atoms with van der Waals surface area (Å²) in [6.07, 6.45) is 5.11. The number of methoxy groups -OCH3 is 2. The van der Waals surface area contributed by atoms with E-state index in [0.29, 0.717) is 18.0 Å². The lowest BCUT2D eigenvalue weighted by Crippen LogP contribution is -2.48. The molecule has 1 N–H and O–H groups in total. The van der Waals surface area contributed by atoms with Gasteiger partial charge >= 0.3 is 0 Å². The van der Waals surface area contributed by atoms with Crippen molar-refractivity contribution in [2.75, 3.05) is 14.2 Å². The first-order chi connectivity index (χ1) is 16.1. The van der Waals surface area contributed by atoms with Crippen LogP contribution in [0.2, 0.25) is 0 Å². The lowest BCUT2D eigenvalue weighted by molar-refractivity contribution is -0.145. The number of hydrogen-bond acceptors (Lipinski definition) is 6. The Morgan fingerprint density at radius 2 is 1.70 bits per heavy atom. The number of nitrogens with zero attached hydrogens (tertiary/aromatic N) is 2. The summed E-state index contributed by atoms with van der Waals surface area (Å²) in [6.45, 7) is 0.536. The van der Waals surface area contributed by atoms with Crippen molar-refractivity contribution >= 4 is 11.8 Å². The van der Waals surface area contributed by atoms with Gasteiger partial charge in [0.15, 0.2) is 0 Å². The number of amides is 2. The van der Waals surface area contributed by atoms with Crippen molar-refractivity contribution in [3.63, 3.8) is 0 Å². The molecule has 3 atom stereocenters. The fourth-order valence-electron chi connectivity index (χ4n) is 5.65. The molecule has 174 valence electrons. The van der Waals surface area contributed by atoms with E-state index in [0.717, 1.165) is 36.8 Å². The fraction of sp³-hybridized carbons (Fsp3) is 0.462. The molecular weight excluding hydrogens is 418 g/mol. The maximum absolute atomic E-state index is 13.8. The molecule has 2 heterocycles. The molecule has 7 nitrogen and oxygen atoms in total. The topological polar surface area (TPSA) is 71.1 Å². The summed E-state index contributed by atoms with van der Waals surface area (Å²) in [5.74, 6) is 0.691. The highest BCUT2D eigenvalue weighted by Crippen LogP contribution is 2.45. The van der Waals surface area contributed by atoms with Gasteiger partial charge in [-0.05, 0) is 30.5 Å². The van der Waals surface area contributed by atoms with Crippen LogP contribution < -0.4 is 14.9 Å². The van der Waals surface area contributed by atoms with E-state index < -0.39 is 12.0 Å². The molecule has 0 aromatic heterocycles. The predicted molar refractivity (Wildman–Crippen MR) is 123 cm³/mol. The first-order valence-corrected chi connectivity index (χ1v) is 11.8. The quantitative estimate of drug-likeness (QED) is 0.681. The van der Waals surface area contributed by atoms with Gasteiger partial charge in [0.25, 0.3) is 0 Å². The standard InChI is InChI=1S/C26H31N3O4/c1-32-19-13-14-20(21(15-19)33-2)23-22-24(28(27-23)16-17-9-5-3-6-10-17)26(31)29(25(22)30)18-11-7-4-8-12-18/h3,5-6,9-10,13-15,18,22-24,27H,4,7-8,11-12,16H2,1-2H3. The van der Waals surface area contributed by atoms with Crippen LogP contribution in [0.5, 0.6) is 11.5 Å². The Morgan fingerprint density at radius 3 is 2.39 bits per heavy atom. The molecule has 0 bridgehead atoms. The Morgan fingerprint density at radius 1 is 0.939 bits per heavy atom. The minimum atomic E-state index is -0.531. The molecule has 0 spiro atoms. The third kappa shape index (κ3) is 3.89. The maximum Gasteiger partial charge on any atom is 0.249 e. The highest BCUT2D eigenvalue weighted by molar-refractivity contribution is 6.08. The Labute approximate surface area is 194 Å². The first kappa shape index (κ1) is 21.9. The minimum absolute atomic E-state index is 0.0151. The van der Waals surface area contributed by atoms with Gasteiger partial charge in [-0.25, -0.2) is 10.4 Å². The zero-order valence-electron chi connectivity index (χ0n) is 19.2. The van der Waals surface area contributed by atoms with Gasteiger partial charge in [-0.3, -0.25) is 14.5 Å². The highest BCUT2D eigenvalue weighted by Gasteiger charge is 2.60. The van der Waals surface area contributed by atoms with Crippen LogP contribution in [0.25, 0.3) is 0 Å². The van der Waals surface area contributed by atoms with E-state index in [-0.39, 0.29) is 23.9 Å². The van der Waals surface area contributed by atoms with E-state index >= 15 is 0 Å². The monoisotopic (exact) mass is 449 g/mol. The zero-order chi connectivity index (χ0) is 22.9. The number of carbonyl (C=O) groups is 2. The second-order valence-electron chi connectivity index (χ2n) is 9.14. The van der Waals surface area contributed by atoms with Gasteiger partial charge in [-0.2, -0.15) is 0 Å². The average molecular weight is 450 g/mol. The Bertz CT molecular complexity index is 1020. The van der Waals surface area contributed by atoms with Gasteiger partial charge in [0.05, 0.1) is 26.2 Å². The molecule has 2 aromatic carbocycles. The molecule has 2 aromatic rings. The smallest absolute Gasteiger partial charge is 0.249 e. The van der Waals surface area contributed by atoms with Crippen molar-refractivity contribution in [1.29, 1.82) is 0 Å². The van der Waals surface area contributed by atoms with E-state index in [1.54, 1.807) is 19.1 Å². The number of imide groups is 1. The summed E-state index contributed by atoms with van der Waals surface area (Å²) in [5.41, 5.74) is 5.44. The maximum atomic E-state index is 13.8. The SMILES string of the molecule is COc1ccc(C2NN(Cc3ccccc3)C3C(=O)N(C4CCCCC4)C(=O)C23)c(OC)c1. The lowest BCUT2D eigenvalue weighted by atomic mass is 9.90. The number of ether oxygens (including phenoxy) is 2. The number of rotatable bonds is 6. The van der Waals surface area contributed by atoms with E-state index in [9.17, 15) is 9.59 Å². The number of benzene rings is 2. The summed E-state index contributed by atoms with van der Waals surface area (Å²) in [7, 11) is 3.23. The van der Waals surface area contributed by atoms with E-state index in [4.69, 9.17) is 9.47 Å². The number of likely N-dealkylation sites (tertiary alicyclic amines) is 1. The Balaban J connectivity index is 1.52. The Kier molecular flexibility index (Phi) is 6.08. The van der Waals surface area contributed by atoms with Gasteiger partial charge < -0.3 is 9.47 Å². The van der Waals surface area contributed by atoms with Crippen LogP contribution in [0.4, 0.5) is 0 Å². The number of hydrazine groups is 1. The zero-order valence-corrected chi connectivity index (χ0v) is 19.2. The summed E-state index contributed by atoms with van der Waals surface area (Å²) in [4.78, 5) is 29.1. The minimum Gasteiger partial charge on any atom is -0.497 e. The lowest BCUT2D eigenvalue weighted by Gasteiger charge is -2.32. The van der Waals surface area contributed by atoms with Crippen molar-refractivity contribution in [2.24, 2.45) is 5.92 Å². The van der Waals surface area contributed by atoms with E-state index in [2.05, 4.69) is 5.43 Å². The Hall–Kier alpha value is -2.90. The van der Waals surface area contributed by atoms with Gasteiger partial charge in [0.2, 0.25) is 11.8 Å². The third-order valence-electron chi connectivity index (χ3n) is 7.26. The predicted octanol–water partition coefficient (Wildman–Crippen LogP) is 3.45. The molecule has 1 aliphatic carbocycles. The molecule has 7 heteroatoms. The summed E-state index contributed by atoms with van der Waals surface area (Å²) < 4.78 is 11.0. The summed E-state index contributed by atoms with van der Waals surface area (Å²) in [5, 5.41) is 1.96. The highest BCUT2D eigenvalue weighted by atomic mass is 16.5. The van der Waals surface area contributed by atoms with Gasteiger partial charge in [-0.15, -0.1) is 0 Å². The van der Waals surface area contributed by atoms with Gasteiger partial charge in [-0.1, -0.05) is 49.6 Å². The molecule has 33 heavy (non-hydrogen) atoms. The summed E-state index contributed by atoms with van der Waals surface area (Å²) in [6, 6.07) is 14.8. The average Bonchev–Trinajstić information content (AvgIpc) is 3.35. The second-order valence-corrected chi connectivity index (χ2v) is 9.14. The van der Waals surface area contributed by atoms with Crippen LogP contribution in [0.3, 0.4) is 0 Å². The normalized spacial score (nSPS) is 26.0. The number of nitrogens with one attached hydrogen (secondary N) is 1.